The van der Waals surface area contributed by atoms with Gasteiger partial charge in [0, 0.05) is 6.92 Å². The van der Waals surface area contributed by atoms with Gasteiger partial charge in [-0.3, -0.25) is 9.59 Å². The van der Waals surface area contributed by atoms with Gasteiger partial charge in [0.15, 0.2) is 11.5 Å². The van der Waals surface area contributed by atoms with Crippen LogP contribution in [0.1, 0.15) is 19.4 Å². The third-order valence-electron chi connectivity index (χ3n) is 3.68. The molecule has 9 heteroatoms. The Labute approximate surface area is 164 Å². The van der Waals surface area contributed by atoms with E-state index in [1.807, 2.05) is 0 Å². The minimum Gasteiger partial charge on any atom is -0.490 e. The van der Waals surface area contributed by atoms with E-state index in [4.69, 9.17) is 21.1 Å². The van der Waals surface area contributed by atoms with Crippen molar-refractivity contribution in [2.24, 2.45) is 5.10 Å². The number of aromatic nitrogens is 2. The van der Waals surface area contributed by atoms with Crippen LogP contribution in [0.3, 0.4) is 0 Å². The van der Waals surface area contributed by atoms with Crippen molar-refractivity contribution in [3.63, 3.8) is 0 Å². The van der Waals surface area contributed by atoms with E-state index >= 15 is 0 Å². The molecule has 0 amide bonds. The van der Waals surface area contributed by atoms with Crippen molar-refractivity contribution in [3.8, 4) is 11.5 Å². The van der Waals surface area contributed by atoms with E-state index < -0.39 is 17.2 Å². The number of carbonyl (C=O) groups is 1. The lowest BCUT2D eigenvalue weighted by Gasteiger charge is -2.12. The van der Waals surface area contributed by atoms with Crippen LogP contribution in [0.15, 0.2) is 51.1 Å². The summed E-state index contributed by atoms with van der Waals surface area (Å²) < 4.78 is 11.3. The molecule has 0 saturated heterocycles. The molecule has 144 valence electrons. The topological polar surface area (TPSA) is 103 Å². The van der Waals surface area contributed by atoms with Crippen LogP contribution in [-0.2, 0) is 4.79 Å². The molecule has 2 aromatic carbocycles. The first-order valence-electron chi connectivity index (χ1n) is 8.34. The van der Waals surface area contributed by atoms with E-state index in [2.05, 4.69) is 10.1 Å². The van der Waals surface area contributed by atoms with E-state index in [1.165, 1.54) is 25.3 Å². The molecule has 1 heterocycles. The molecule has 0 aliphatic rings. The molecule has 0 bridgehead atoms. The maximum Gasteiger partial charge on any atom is 0.349 e. The average Bonchev–Trinajstić information content (AvgIpc) is 2.64. The van der Waals surface area contributed by atoms with Crippen LogP contribution in [0, 0.1) is 0 Å². The molecule has 3 aromatic rings. The van der Waals surface area contributed by atoms with Crippen molar-refractivity contribution in [2.45, 2.75) is 13.8 Å². The molecule has 0 radical (unpaired) electrons. The molecule has 0 saturated carbocycles. The highest BCUT2D eigenvalue weighted by Gasteiger charge is 2.14. The summed E-state index contributed by atoms with van der Waals surface area (Å²) in [5.41, 5.74) is -0.351. The van der Waals surface area contributed by atoms with Gasteiger partial charge in [-0.2, -0.15) is 5.10 Å². The number of nitrogens with one attached hydrogen (secondary N) is 1. The van der Waals surface area contributed by atoms with E-state index in [1.54, 1.807) is 31.2 Å². The van der Waals surface area contributed by atoms with Gasteiger partial charge in [0.2, 0.25) is 0 Å². The monoisotopic (exact) mass is 401 g/mol. The predicted molar refractivity (Wildman–Crippen MR) is 106 cm³/mol. The molecule has 1 N–H and O–H groups in total. The summed E-state index contributed by atoms with van der Waals surface area (Å²) in [6.07, 6.45) is 1.29. The fourth-order valence-electron chi connectivity index (χ4n) is 2.55. The zero-order chi connectivity index (χ0) is 20.3. The van der Waals surface area contributed by atoms with Crippen LogP contribution in [0.2, 0.25) is 5.02 Å². The number of fused-ring (bicyclic) bond motifs is 1. The van der Waals surface area contributed by atoms with Crippen LogP contribution >= 0.6 is 11.6 Å². The van der Waals surface area contributed by atoms with Gasteiger partial charge in [-0.15, -0.1) is 4.68 Å². The molecule has 0 fully saturated rings. The zero-order valence-electron chi connectivity index (χ0n) is 15.1. The van der Waals surface area contributed by atoms with Crippen molar-refractivity contribution in [2.75, 3.05) is 6.61 Å². The maximum absolute atomic E-state index is 12.5. The highest BCUT2D eigenvalue weighted by atomic mass is 35.5. The van der Waals surface area contributed by atoms with Gasteiger partial charge in [-0.05, 0) is 36.8 Å². The summed E-state index contributed by atoms with van der Waals surface area (Å²) in [6.45, 7) is 3.33. The summed E-state index contributed by atoms with van der Waals surface area (Å²) in [7, 11) is 0. The van der Waals surface area contributed by atoms with Crippen molar-refractivity contribution in [3.05, 3.63) is 67.8 Å². The number of nitrogens with zero attached hydrogens (tertiary/aromatic N) is 2. The molecule has 1 aromatic heterocycles. The molecule has 0 atom stereocenters. The second kappa shape index (κ2) is 8.10. The second-order valence-electron chi connectivity index (χ2n) is 5.69. The SMILES string of the molecule is CCOc1cc(C=Nn2c(=O)[nH]c3ccccc3c2=O)cc(Cl)c1OC(C)=O. The Hall–Kier alpha value is -3.39. The lowest BCUT2D eigenvalue weighted by Crippen LogP contribution is -2.32. The van der Waals surface area contributed by atoms with Gasteiger partial charge in [0.05, 0.1) is 28.7 Å². The molecule has 0 aliphatic heterocycles. The Bertz CT molecular complexity index is 1200. The predicted octanol–water partition coefficient (Wildman–Crippen LogP) is 2.55. The number of rotatable bonds is 5. The zero-order valence-corrected chi connectivity index (χ0v) is 15.8. The van der Waals surface area contributed by atoms with Gasteiger partial charge in [-0.25, -0.2) is 4.79 Å². The van der Waals surface area contributed by atoms with Crippen molar-refractivity contribution in [1.29, 1.82) is 0 Å². The van der Waals surface area contributed by atoms with Gasteiger partial charge < -0.3 is 14.5 Å². The van der Waals surface area contributed by atoms with Gasteiger partial charge in [0.25, 0.3) is 5.56 Å². The minimum absolute atomic E-state index is 0.0916. The molecular formula is C19H16ClN3O5. The van der Waals surface area contributed by atoms with Gasteiger partial charge >= 0.3 is 11.7 Å². The number of para-hydroxylation sites is 1. The summed E-state index contributed by atoms with van der Waals surface area (Å²) >= 11 is 6.18. The number of esters is 1. The lowest BCUT2D eigenvalue weighted by atomic mass is 10.2. The number of hydrogen-bond acceptors (Lipinski definition) is 6. The van der Waals surface area contributed by atoms with Crippen LogP contribution in [-0.4, -0.2) is 28.5 Å². The van der Waals surface area contributed by atoms with Crippen LogP contribution in [0.25, 0.3) is 10.9 Å². The van der Waals surface area contributed by atoms with E-state index in [-0.39, 0.29) is 16.5 Å². The first-order chi connectivity index (χ1) is 13.4. The number of aromatic amines is 1. The normalized spacial score (nSPS) is 11.1. The second-order valence-corrected chi connectivity index (χ2v) is 6.10. The smallest absolute Gasteiger partial charge is 0.349 e. The van der Waals surface area contributed by atoms with E-state index in [0.717, 1.165) is 4.68 Å². The van der Waals surface area contributed by atoms with Crippen molar-refractivity contribution in [1.82, 2.24) is 9.66 Å². The molecule has 8 nitrogen and oxygen atoms in total. The molecular weight excluding hydrogens is 386 g/mol. The molecule has 28 heavy (non-hydrogen) atoms. The number of carbonyl (C=O) groups excluding carboxylic acids is 1. The Morgan fingerprint density at radius 1 is 1.29 bits per heavy atom. The molecule has 3 rings (SSSR count). The first kappa shape index (κ1) is 19.4. The maximum atomic E-state index is 12.5. The van der Waals surface area contributed by atoms with Gasteiger partial charge in [-0.1, -0.05) is 23.7 Å². The fraction of sp³-hybridized carbons (Fsp3) is 0.158. The summed E-state index contributed by atoms with van der Waals surface area (Å²) in [5, 5.41) is 4.43. The quantitative estimate of drug-likeness (QED) is 0.402. The van der Waals surface area contributed by atoms with Crippen LogP contribution < -0.4 is 20.7 Å². The largest absolute Gasteiger partial charge is 0.490 e. The highest BCUT2D eigenvalue weighted by Crippen LogP contribution is 2.36. The summed E-state index contributed by atoms with van der Waals surface area (Å²) in [4.78, 5) is 38.5. The third-order valence-corrected chi connectivity index (χ3v) is 3.96. The van der Waals surface area contributed by atoms with Crippen molar-refractivity contribution < 1.29 is 14.3 Å². The molecule has 0 spiro atoms. The van der Waals surface area contributed by atoms with E-state index in [0.29, 0.717) is 23.1 Å². The summed E-state index contributed by atoms with van der Waals surface area (Å²) in [5.74, 6) is -0.209. The third kappa shape index (κ3) is 3.96. The van der Waals surface area contributed by atoms with Crippen molar-refractivity contribution >= 4 is 34.7 Å². The van der Waals surface area contributed by atoms with Gasteiger partial charge in [0.1, 0.15) is 0 Å². The number of hydrogen-bond donors (Lipinski definition) is 1. The highest BCUT2D eigenvalue weighted by molar-refractivity contribution is 6.32. The average molecular weight is 402 g/mol. The molecule has 0 aliphatic carbocycles. The standard InChI is InChI=1S/C19H16ClN3O5/c1-3-27-16-9-12(8-14(20)17(16)28-11(2)24)10-21-23-18(25)13-6-4-5-7-15(13)22-19(23)26/h4-10H,3H2,1-2H3,(H,22,26). The Kier molecular flexibility index (Phi) is 5.60. The molecule has 0 unspecified atom stereocenters. The Morgan fingerprint density at radius 2 is 2.04 bits per heavy atom. The first-order valence-corrected chi connectivity index (χ1v) is 8.71. The summed E-state index contributed by atoms with van der Waals surface area (Å²) in [6, 6.07) is 9.65. The minimum atomic E-state index is -0.674. The number of ether oxygens (including phenoxy) is 2. The Balaban J connectivity index is 2.05. The lowest BCUT2D eigenvalue weighted by molar-refractivity contribution is -0.132. The van der Waals surface area contributed by atoms with E-state index in [9.17, 15) is 14.4 Å². The number of halogens is 1. The Morgan fingerprint density at radius 3 is 2.75 bits per heavy atom. The number of benzene rings is 2. The van der Waals surface area contributed by atoms with Crippen LogP contribution in [0.5, 0.6) is 11.5 Å². The fourth-order valence-corrected chi connectivity index (χ4v) is 2.81. The number of H-pyrrole nitrogens is 1. The van der Waals surface area contributed by atoms with Crippen LogP contribution in [0.4, 0.5) is 0 Å².